The second-order valence-corrected chi connectivity index (χ2v) is 7.81. The number of halogens is 2. The number of nitrogens with one attached hydrogen (secondary N) is 3. The zero-order chi connectivity index (χ0) is 19.8. The molecular weight excluding hydrogens is 525 g/mol. The molecule has 2 rings (SSSR count). The van der Waals surface area contributed by atoms with Crippen LogP contribution in [0, 0.1) is 10.5 Å². The molecular formula is C19H19BrIN3O3. The summed E-state index contributed by atoms with van der Waals surface area (Å²) < 4.78 is 7.48. The van der Waals surface area contributed by atoms with E-state index in [-0.39, 0.29) is 24.8 Å². The largest absolute Gasteiger partial charge is 0.484 e. The zero-order valence-electron chi connectivity index (χ0n) is 14.6. The fourth-order valence-electron chi connectivity index (χ4n) is 2.03. The minimum absolute atomic E-state index is 0.0268. The van der Waals surface area contributed by atoms with Gasteiger partial charge in [-0.3, -0.25) is 15.0 Å². The summed E-state index contributed by atoms with van der Waals surface area (Å²) in [7, 11) is 0. The molecule has 0 spiro atoms. The maximum Gasteiger partial charge on any atom is 0.276 e. The van der Waals surface area contributed by atoms with E-state index in [1.165, 1.54) is 0 Å². The second-order valence-electron chi connectivity index (χ2n) is 5.71. The number of ether oxygens (including phenoxy) is 1. The van der Waals surface area contributed by atoms with E-state index in [0.717, 1.165) is 13.6 Å². The van der Waals surface area contributed by atoms with E-state index in [4.69, 9.17) is 4.74 Å². The number of aryl methyl sites for hydroxylation is 1. The van der Waals surface area contributed by atoms with Crippen molar-refractivity contribution in [3.8, 4) is 5.75 Å². The summed E-state index contributed by atoms with van der Waals surface area (Å²) in [5.41, 5.74) is 7.16. The summed E-state index contributed by atoms with van der Waals surface area (Å²) in [4.78, 5) is 23.8. The van der Waals surface area contributed by atoms with Gasteiger partial charge in [-0.15, -0.1) is 0 Å². The van der Waals surface area contributed by atoms with Crippen LogP contribution in [0.3, 0.4) is 0 Å². The first-order valence-electron chi connectivity index (χ1n) is 8.00. The van der Waals surface area contributed by atoms with E-state index in [0.29, 0.717) is 17.1 Å². The Morgan fingerprint density at radius 1 is 1.11 bits per heavy atom. The van der Waals surface area contributed by atoms with Gasteiger partial charge < -0.3 is 15.5 Å². The molecule has 6 nitrogen and oxygen atoms in total. The van der Waals surface area contributed by atoms with Crippen LogP contribution in [-0.2, 0) is 9.59 Å². The maximum atomic E-state index is 12.0. The number of amides is 2. The fourth-order valence-corrected chi connectivity index (χ4v) is 2.63. The molecule has 0 heterocycles. The van der Waals surface area contributed by atoms with E-state index in [1.54, 1.807) is 6.07 Å². The number of hydrogen-bond donors (Lipinski definition) is 3. The van der Waals surface area contributed by atoms with E-state index < -0.39 is 0 Å². The van der Waals surface area contributed by atoms with Gasteiger partial charge in [0.1, 0.15) is 5.75 Å². The molecule has 2 amide bonds. The summed E-state index contributed by atoms with van der Waals surface area (Å²) in [5, 5.41) is 2.76. The maximum absolute atomic E-state index is 12.0. The molecule has 0 saturated carbocycles. The molecule has 142 valence electrons. The molecule has 0 radical (unpaired) electrons. The SMILES string of the molecule is C=C(CC(=O)Nc1ccc(I)cc1)NNC(=O)COc1ccc(Br)c(C)c1. The van der Waals surface area contributed by atoms with E-state index in [1.807, 2.05) is 43.3 Å². The average molecular weight is 544 g/mol. The van der Waals surface area contributed by atoms with E-state index in [2.05, 4.69) is 61.3 Å². The van der Waals surface area contributed by atoms with Crippen LogP contribution in [0.2, 0.25) is 0 Å². The first-order chi connectivity index (χ1) is 12.8. The molecule has 0 aliphatic carbocycles. The van der Waals surface area contributed by atoms with Crippen molar-refractivity contribution in [3.63, 3.8) is 0 Å². The molecule has 2 aromatic rings. The Labute approximate surface area is 180 Å². The van der Waals surface area contributed by atoms with Crippen LogP contribution in [-0.4, -0.2) is 18.4 Å². The number of anilines is 1. The predicted molar refractivity (Wildman–Crippen MR) is 117 cm³/mol. The lowest BCUT2D eigenvalue weighted by Crippen LogP contribution is -2.40. The number of benzene rings is 2. The van der Waals surface area contributed by atoms with Gasteiger partial charge >= 0.3 is 0 Å². The lowest BCUT2D eigenvalue weighted by atomic mass is 10.2. The molecule has 0 fully saturated rings. The third kappa shape index (κ3) is 7.59. The molecule has 0 unspecified atom stereocenters. The molecule has 0 saturated heterocycles. The Morgan fingerprint density at radius 2 is 1.81 bits per heavy atom. The molecule has 3 N–H and O–H groups in total. The summed E-state index contributed by atoms with van der Waals surface area (Å²) >= 11 is 5.60. The van der Waals surface area contributed by atoms with Crippen molar-refractivity contribution >= 4 is 56.0 Å². The summed E-state index contributed by atoms with van der Waals surface area (Å²) in [6.45, 7) is 5.51. The number of carbonyl (C=O) groups excluding carboxylic acids is 2. The van der Waals surface area contributed by atoms with Crippen LogP contribution < -0.4 is 20.9 Å². The van der Waals surface area contributed by atoms with Crippen LogP contribution in [0.5, 0.6) is 5.75 Å². The highest BCUT2D eigenvalue weighted by Crippen LogP contribution is 2.21. The van der Waals surface area contributed by atoms with E-state index >= 15 is 0 Å². The van der Waals surface area contributed by atoms with Crippen molar-refractivity contribution in [2.75, 3.05) is 11.9 Å². The Kier molecular flexibility index (Phi) is 8.11. The topological polar surface area (TPSA) is 79.5 Å². The van der Waals surface area contributed by atoms with Gasteiger partial charge in [-0.1, -0.05) is 22.5 Å². The van der Waals surface area contributed by atoms with Crippen LogP contribution in [0.15, 0.2) is 59.2 Å². The Morgan fingerprint density at radius 3 is 2.48 bits per heavy atom. The van der Waals surface area contributed by atoms with Gasteiger partial charge in [0, 0.05) is 19.4 Å². The first-order valence-corrected chi connectivity index (χ1v) is 9.87. The fraction of sp³-hybridized carbons (Fsp3) is 0.158. The third-order valence-electron chi connectivity index (χ3n) is 3.38. The number of rotatable bonds is 8. The standard InChI is InChI=1S/C19H19BrIN3O3/c1-12-9-16(7-8-17(12)20)27-11-19(26)24-23-13(2)10-18(25)22-15-5-3-14(21)4-6-15/h3-9,23H,2,10-11H2,1H3,(H,22,25)(H,24,26). The highest BCUT2D eigenvalue weighted by Gasteiger charge is 2.07. The Balaban J connectivity index is 1.69. The third-order valence-corrected chi connectivity index (χ3v) is 4.99. The lowest BCUT2D eigenvalue weighted by Gasteiger charge is -2.12. The number of carbonyl (C=O) groups is 2. The smallest absolute Gasteiger partial charge is 0.276 e. The van der Waals surface area contributed by atoms with Gasteiger partial charge in [0.05, 0.1) is 6.42 Å². The molecule has 0 aliphatic heterocycles. The van der Waals surface area contributed by atoms with Crippen molar-refractivity contribution in [3.05, 3.63) is 68.3 Å². The molecule has 27 heavy (non-hydrogen) atoms. The van der Waals surface area contributed by atoms with Crippen molar-refractivity contribution < 1.29 is 14.3 Å². The van der Waals surface area contributed by atoms with Crippen LogP contribution in [0.25, 0.3) is 0 Å². The molecule has 0 bridgehead atoms. The second kappa shape index (κ2) is 10.3. The minimum Gasteiger partial charge on any atom is -0.484 e. The monoisotopic (exact) mass is 543 g/mol. The Hall–Kier alpha value is -2.07. The summed E-state index contributed by atoms with van der Waals surface area (Å²) in [6, 6.07) is 12.9. The normalized spacial score (nSPS) is 10.0. The summed E-state index contributed by atoms with van der Waals surface area (Å²) in [5.74, 6) is -0.0131. The predicted octanol–water partition coefficient (Wildman–Crippen LogP) is 3.90. The van der Waals surface area contributed by atoms with Crippen molar-refractivity contribution in [2.24, 2.45) is 0 Å². The van der Waals surface area contributed by atoms with Gasteiger partial charge in [0.2, 0.25) is 5.91 Å². The highest BCUT2D eigenvalue weighted by molar-refractivity contribution is 14.1. The van der Waals surface area contributed by atoms with Crippen molar-refractivity contribution in [2.45, 2.75) is 13.3 Å². The molecule has 0 aliphatic rings. The van der Waals surface area contributed by atoms with Gasteiger partial charge in [0.25, 0.3) is 5.91 Å². The van der Waals surface area contributed by atoms with Crippen molar-refractivity contribution in [1.82, 2.24) is 10.9 Å². The van der Waals surface area contributed by atoms with Gasteiger partial charge in [0.15, 0.2) is 6.61 Å². The molecule has 8 heteroatoms. The molecule has 0 atom stereocenters. The number of hydrogen-bond acceptors (Lipinski definition) is 4. The quantitative estimate of drug-likeness (QED) is 0.348. The number of hydrazine groups is 1. The summed E-state index contributed by atoms with van der Waals surface area (Å²) in [6.07, 6.45) is 0.0268. The van der Waals surface area contributed by atoms with Crippen LogP contribution in [0.1, 0.15) is 12.0 Å². The van der Waals surface area contributed by atoms with Gasteiger partial charge in [-0.25, -0.2) is 0 Å². The average Bonchev–Trinajstić information content (AvgIpc) is 2.63. The molecule has 0 aromatic heterocycles. The Bertz CT molecular complexity index is 841. The lowest BCUT2D eigenvalue weighted by molar-refractivity contribution is -0.124. The van der Waals surface area contributed by atoms with Crippen LogP contribution in [0.4, 0.5) is 5.69 Å². The van der Waals surface area contributed by atoms with E-state index in [9.17, 15) is 9.59 Å². The minimum atomic E-state index is -0.380. The van der Waals surface area contributed by atoms with Gasteiger partial charge in [-0.05, 0) is 77.5 Å². The zero-order valence-corrected chi connectivity index (χ0v) is 18.4. The molecule has 2 aromatic carbocycles. The van der Waals surface area contributed by atoms with Crippen LogP contribution >= 0.6 is 38.5 Å². The first kappa shape index (κ1) is 21.2. The van der Waals surface area contributed by atoms with Crippen molar-refractivity contribution in [1.29, 1.82) is 0 Å². The highest BCUT2D eigenvalue weighted by atomic mass is 127. The van der Waals surface area contributed by atoms with Gasteiger partial charge in [-0.2, -0.15) is 0 Å².